The number of sulfonamides is 1. The van der Waals surface area contributed by atoms with Crippen molar-refractivity contribution in [3.63, 3.8) is 0 Å². The van der Waals surface area contributed by atoms with Gasteiger partial charge in [0.2, 0.25) is 10.0 Å². The van der Waals surface area contributed by atoms with Crippen molar-refractivity contribution < 1.29 is 21.9 Å². The van der Waals surface area contributed by atoms with Crippen molar-refractivity contribution in [3.8, 4) is 5.75 Å². The van der Waals surface area contributed by atoms with Crippen molar-refractivity contribution in [3.05, 3.63) is 58.6 Å². The highest BCUT2D eigenvalue weighted by atomic mass is 35.5. The lowest BCUT2D eigenvalue weighted by molar-refractivity contribution is 0.385. The fourth-order valence-electron chi connectivity index (χ4n) is 1.97. The van der Waals surface area contributed by atoms with Crippen LogP contribution in [0.15, 0.2) is 41.3 Å². The smallest absolute Gasteiger partial charge is 0.243 e. The van der Waals surface area contributed by atoms with Crippen LogP contribution in [0.25, 0.3) is 0 Å². The fourth-order valence-corrected chi connectivity index (χ4v) is 3.40. The van der Waals surface area contributed by atoms with Crippen LogP contribution in [0.3, 0.4) is 0 Å². The zero-order valence-corrected chi connectivity index (χ0v) is 14.0. The number of hydrogen-bond donors (Lipinski definition) is 0. The Morgan fingerprint density at radius 3 is 2.39 bits per heavy atom. The Morgan fingerprint density at radius 2 is 1.83 bits per heavy atom. The molecule has 2 aromatic rings. The summed E-state index contributed by atoms with van der Waals surface area (Å²) in [6.45, 7) is -0.0573. The molecule has 0 unspecified atom stereocenters. The lowest BCUT2D eigenvalue weighted by atomic mass is 10.2. The Hall–Kier alpha value is -1.70. The summed E-state index contributed by atoms with van der Waals surface area (Å²) in [5.41, 5.74) is 0.447. The van der Waals surface area contributed by atoms with Crippen molar-refractivity contribution in [2.75, 3.05) is 14.2 Å². The summed E-state index contributed by atoms with van der Waals surface area (Å²) in [6, 6.07) is 7.32. The van der Waals surface area contributed by atoms with Gasteiger partial charge in [-0.3, -0.25) is 0 Å². The van der Waals surface area contributed by atoms with Crippen LogP contribution in [-0.2, 0) is 16.6 Å². The number of halogens is 3. The number of rotatable bonds is 5. The van der Waals surface area contributed by atoms with Gasteiger partial charge in [0, 0.05) is 13.6 Å². The van der Waals surface area contributed by atoms with E-state index in [1.807, 2.05) is 0 Å². The lowest BCUT2D eigenvalue weighted by Crippen LogP contribution is -2.26. The molecule has 0 aliphatic carbocycles. The molecule has 0 saturated carbocycles. The standard InChI is InChI=1S/C15H14ClF2NO3S/c1-19(9-10-3-6-15(22-2)14(18)7-10)23(20,21)11-4-5-13(17)12(16)8-11/h3-8H,9H2,1-2H3. The second-order valence-corrected chi connectivity index (χ2v) is 7.26. The number of nitrogens with zero attached hydrogens (tertiary/aromatic N) is 1. The first kappa shape index (κ1) is 17.7. The lowest BCUT2D eigenvalue weighted by Gasteiger charge is -2.18. The van der Waals surface area contributed by atoms with E-state index in [0.717, 1.165) is 22.5 Å². The molecule has 0 saturated heterocycles. The van der Waals surface area contributed by atoms with Gasteiger partial charge in [0.25, 0.3) is 0 Å². The number of hydrogen-bond acceptors (Lipinski definition) is 3. The first-order valence-corrected chi connectivity index (χ1v) is 8.31. The summed E-state index contributed by atoms with van der Waals surface area (Å²) in [5.74, 6) is -1.21. The third-order valence-corrected chi connectivity index (χ3v) is 5.31. The van der Waals surface area contributed by atoms with Crippen molar-refractivity contribution in [2.24, 2.45) is 0 Å². The monoisotopic (exact) mass is 361 g/mol. The van der Waals surface area contributed by atoms with Crippen LogP contribution >= 0.6 is 11.6 Å². The topological polar surface area (TPSA) is 46.6 Å². The molecular weight excluding hydrogens is 348 g/mol. The van der Waals surface area contributed by atoms with E-state index in [4.69, 9.17) is 16.3 Å². The summed E-state index contributed by atoms with van der Waals surface area (Å²) in [4.78, 5) is -0.139. The van der Waals surface area contributed by atoms with Gasteiger partial charge in [-0.1, -0.05) is 17.7 Å². The molecule has 0 aromatic heterocycles. The van der Waals surface area contributed by atoms with Gasteiger partial charge in [0.15, 0.2) is 11.6 Å². The van der Waals surface area contributed by atoms with Gasteiger partial charge in [0.05, 0.1) is 17.0 Å². The Balaban J connectivity index is 2.26. The molecular formula is C15H14ClF2NO3S. The van der Waals surface area contributed by atoms with E-state index in [2.05, 4.69) is 0 Å². The zero-order valence-electron chi connectivity index (χ0n) is 12.4. The highest BCUT2D eigenvalue weighted by Gasteiger charge is 2.22. The Kier molecular flexibility index (Phi) is 5.23. The van der Waals surface area contributed by atoms with Crippen molar-refractivity contribution in [1.82, 2.24) is 4.31 Å². The van der Waals surface area contributed by atoms with E-state index < -0.39 is 21.7 Å². The van der Waals surface area contributed by atoms with Crippen LogP contribution in [0.1, 0.15) is 5.56 Å². The molecule has 0 bridgehead atoms. The maximum Gasteiger partial charge on any atom is 0.243 e. The van der Waals surface area contributed by atoms with Gasteiger partial charge in [-0.15, -0.1) is 0 Å². The molecule has 0 spiro atoms. The summed E-state index contributed by atoms with van der Waals surface area (Å²) in [6.07, 6.45) is 0. The molecule has 8 heteroatoms. The largest absolute Gasteiger partial charge is 0.494 e. The van der Waals surface area contributed by atoms with Crippen molar-refractivity contribution in [2.45, 2.75) is 11.4 Å². The van der Waals surface area contributed by atoms with Crippen LogP contribution in [0.4, 0.5) is 8.78 Å². The van der Waals surface area contributed by atoms with E-state index in [0.29, 0.717) is 5.56 Å². The molecule has 0 amide bonds. The predicted molar refractivity (Wildman–Crippen MR) is 83.0 cm³/mol. The highest BCUT2D eigenvalue weighted by Crippen LogP contribution is 2.24. The fraction of sp³-hybridized carbons (Fsp3) is 0.200. The quantitative estimate of drug-likeness (QED) is 0.819. The molecule has 0 radical (unpaired) electrons. The summed E-state index contributed by atoms with van der Waals surface area (Å²) < 4.78 is 57.5. The molecule has 124 valence electrons. The molecule has 0 heterocycles. The van der Waals surface area contributed by atoms with Gasteiger partial charge >= 0.3 is 0 Å². The van der Waals surface area contributed by atoms with Crippen LogP contribution in [0, 0.1) is 11.6 Å². The first-order valence-electron chi connectivity index (χ1n) is 6.49. The van der Waals surface area contributed by atoms with Crippen LogP contribution in [-0.4, -0.2) is 26.9 Å². The van der Waals surface area contributed by atoms with E-state index in [1.54, 1.807) is 6.07 Å². The summed E-state index contributed by atoms with van der Waals surface area (Å²) in [5, 5.41) is -0.282. The van der Waals surface area contributed by atoms with Crippen molar-refractivity contribution in [1.29, 1.82) is 0 Å². The maximum atomic E-state index is 13.7. The second kappa shape index (κ2) is 6.82. The highest BCUT2D eigenvalue weighted by molar-refractivity contribution is 7.89. The van der Waals surface area contributed by atoms with Crippen LogP contribution in [0.2, 0.25) is 5.02 Å². The van der Waals surface area contributed by atoms with Crippen LogP contribution < -0.4 is 4.74 Å². The summed E-state index contributed by atoms with van der Waals surface area (Å²) >= 11 is 5.62. The molecule has 0 aliphatic heterocycles. The number of ether oxygens (including phenoxy) is 1. The minimum atomic E-state index is -3.88. The molecule has 0 N–H and O–H groups in total. The predicted octanol–water partition coefficient (Wildman–Crippen LogP) is 3.45. The average molecular weight is 362 g/mol. The number of methoxy groups -OCH3 is 1. The Labute approximate surface area is 138 Å². The molecule has 2 rings (SSSR count). The van der Waals surface area contributed by atoms with E-state index in [9.17, 15) is 17.2 Å². The molecule has 2 aromatic carbocycles. The van der Waals surface area contributed by atoms with Gasteiger partial charge in [-0.2, -0.15) is 4.31 Å². The molecule has 23 heavy (non-hydrogen) atoms. The summed E-state index contributed by atoms with van der Waals surface area (Å²) in [7, 11) is -1.19. The minimum Gasteiger partial charge on any atom is -0.494 e. The third kappa shape index (κ3) is 3.80. The molecule has 0 fully saturated rings. The first-order chi connectivity index (χ1) is 10.8. The van der Waals surface area contributed by atoms with Crippen molar-refractivity contribution >= 4 is 21.6 Å². The van der Waals surface area contributed by atoms with Gasteiger partial charge in [-0.25, -0.2) is 17.2 Å². The van der Waals surface area contributed by atoms with Gasteiger partial charge in [0.1, 0.15) is 5.82 Å². The molecule has 4 nitrogen and oxygen atoms in total. The second-order valence-electron chi connectivity index (χ2n) is 4.81. The molecule has 0 atom stereocenters. The van der Waals surface area contributed by atoms with Gasteiger partial charge in [-0.05, 0) is 35.9 Å². The van der Waals surface area contributed by atoms with E-state index >= 15 is 0 Å². The maximum absolute atomic E-state index is 13.7. The van der Waals surface area contributed by atoms with E-state index in [-0.39, 0.29) is 22.2 Å². The van der Waals surface area contributed by atoms with Crippen LogP contribution in [0.5, 0.6) is 5.75 Å². The Morgan fingerprint density at radius 1 is 1.13 bits per heavy atom. The zero-order chi connectivity index (χ0) is 17.2. The number of benzene rings is 2. The third-order valence-electron chi connectivity index (χ3n) is 3.22. The molecule has 0 aliphatic rings. The normalized spacial score (nSPS) is 11.7. The Bertz CT molecular complexity index is 827. The average Bonchev–Trinajstić information content (AvgIpc) is 2.50. The SMILES string of the molecule is COc1ccc(CN(C)S(=O)(=O)c2ccc(F)c(Cl)c2)cc1F. The minimum absolute atomic E-state index is 0.0573. The van der Waals surface area contributed by atoms with E-state index in [1.165, 1.54) is 26.3 Å². The van der Waals surface area contributed by atoms with Gasteiger partial charge < -0.3 is 4.74 Å².